The van der Waals surface area contributed by atoms with Crippen LogP contribution in [0.4, 0.5) is 5.95 Å². The largest absolute Gasteiger partial charge is 0.344 e. The summed E-state index contributed by atoms with van der Waals surface area (Å²) in [6, 6.07) is 19.1. The number of fused-ring (bicyclic) bond motifs is 1. The number of hydrogen-bond donors (Lipinski definition) is 1. The molecule has 1 amide bonds. The number of hydrogen-bond acceptors (Lipinski definition) is 6. The van der Waals surface area contributed by atoms with Crippen LogP contribution in [0.25, 0.3) is 22.2 Å². The summed E-state index contributed by atoms with van der Waals surface area (Å²) in [5.74, 6) is 0.819. The molecule has 3 heterocycles. The minimum absolute atomic E-state index is 0.0589. The molecular weight excluding hydrogens is 524 g/mol. The fourth-order valence-corrected chi connectivity index (χ4v) is 7.27. The van der Waals surface area contributed by atoms with Gasteiger partial charge in [-0.05, 0) is 55.5 Å². The van der Waals surface area contributed by atoms with E-state index in [1.807, 2.05) is 52.9 Å². The van der Waals surface area contributed by atoms with E-state index in [0.29, 0.717) is 57.8 Å². The monoisotopic (exact) mass is 558 g/mol. The Morgan fingerprint density at radius 3 is 2.27 bits per heavy atom. The van der Waals surface area contributed by atoms with E-state index < -0.39 is 10.0 Å². The van der Waals surface area contributed by atoms with E-state index in [4.69, 9.17) is 0 Å². The Kier molecular flexibility index (Phi) is 7.29. The Hall–Kier alpha value is -3.76. The van der Waals surface area contributed by atoms with Gasteiger partial charge in [-0.2, -0.15) is 0 Å². The van der Waals surface area contributed by atoms with Crippen LogP contribution in [0, 0.1) is 5.92 Å². The quantitative estimate of drug-likeness (QED) is 0.386. The molecular formula is C30H34N6O3S. The summed E-state index contributed by atoms with van der Waals surface area (Å²) in [5.41, 5.74) is 2.99. The fraction of sp³-hybridized carbons (Fsp3) is 0.367. The van der Waals surface area contributed by atoms with E-state index in [1.54, 1.807) is 30.6 Å². The number of carbonyl (C=O) groups excluding carboxylic acids is 1. The first-order valence-corrected chi connectivity index (χ1v) is 15.4. The SMILES string of the molecule is Cn1c(-c2ccccc2)cc2ccc(S(=O)(=O)NC3CCC(C(=O)N4CCN(c5ncccn5)CC4)CC3)cc21. The molecule has 9 nitrogen and oxygen atoms in total. The van der Waals surface area contributed by atoms with Gasteiger partial charge in [-0.1, -0.05) is 36.4 Å². The molecule has 6 rings (SSSR count). The number of nitrogens with zero attached hydrogens (tertiary/aromatic N) is 5. The van der Waals surface area contributed by atoms with Gasteiger partial charge in [0.1, 0.15) is 0 Å². The first kappa shape index (κ1) is 26.5. The first-order chi connectivity index (χ1) is 19.4. The molecule has 0 bridgehead atoms. The predicted octanol–water partition coefficient (Wildman–Crippen LogP) is 3.82. The van der Waals surface area contributed by atoms with Crippen molar-refractivity contribution >= 4 is 32.8 Å². The first-order valence-electron chi connectivity index (χ1n) is 13.9. The van der Waals surface area contributed by atoms with Crippen LogP contribution in [0.5, 0.6) is 0 Å². The van der Waals surface area contributed by atoms with Crippen LogP contribution in [0.2, 0.25) is 0 Å². The Morgan fingerprint density at radius 2 is 1.57 bits per heavy atom. The lowest BCUT2D eigenvalue weighted by molar-refractivity contribution is -0.137. The molecule has 2 aromatic heterocycles. The van der Waals surface area contributed by atoms with Crippen molar-refractivity contribution in [3.63, 3.8) is 0 Å². The van der Waals surface area contributed by atoms with Crippen LogP contribution in [-0.4, -0.2) is 66.0 Å². The highest BCUT2D eigenvalue weighted by Gasteiger charge is 2.33. The van der Waals surface area contributed by atoms with Crippen LogP contribution in [0.1, 0.15) is 25.7 Å². The van der Waals surface area contributed by atoms with Crippen LogP contribution in [0.15, 0.2) is 78.0 Å². The number of aromatic nitrogens is 3. The molecule has 0 radical (unpaired) electrons. The van der Waals surface area contributed by atoms with Gasteiger partial charge >= 0.3 is 0 Å². The molecule has 40 heavy (non-hydrogen) atoms. The Balaban J connectivity index is 1.06. The second-order valence-electron chi connectivity index (χ2n) is 10.7. The summed E-state index contributed by atoms with van der Waals surface area (Å²) in [6.45, 7) is 2.72. The van der Waals surface area contributed by atoms with E-state index >= 15 is 0 Å². The molecule has 0 unspecified atom stereocenters. The van der Waals surface area contributed by atoms with Crippen LogP contribution in [-0.2, 0) is 21.9 Å². The number of nitrogens with one attached hydrogen (secondary N) is 1. The predicted molar refractivity (Wildman–Crippen MR) is 155 cm³/mol. The lowest BCUT2D eigenvalue weighted by Gasteiger charge is -2.37. The summed E-state index contributed by atoms with van der Waals surface area (Å²) in [4.78, 5) is 26.1. The third-order valence-corrected chi connectivity index (χ3v) is 9.74. The second kappa shape index (κ2) is 11.0. The summed E-state index contributed by atoms with van der Waals surface area (Å²) in [5, 5.41) is 0.997. The van der Waals surface area contributed by atoms with Crippen molar-refractivity contribution < 1.29 is 13.2 Å². The minimum Gasteiger partial charge on any atom is -0.344 e. The standard InChI is InChI=1S/C30H34N6O3S/c1-34-27(22-6-3-2-4-7-22)20-24-10-13-26(21-28(24)34)40(38,39)33-25-11-8-23(9-12-25)29(37)35-16-18-36(19-17-35)30-31-14-5-15-32-30/h2-7,10,13-15,20-21,23,25,33H,8-9,11-12,16-19H2,1H3. The average Bonchev–Trinajstić information content (AvgIpc) is 3.33. The van der Waals surface area contributed by atoms with Gasteiger partial charge in [-0.15, -0.1) is 0 Å². The van der Waals surface area contributed by atoms with Crippen molar-refractivity contribution in [1.29, 1.82) is 0 Å². The van der Waals surface area contributed by atoms with E-state index in [0.717, 1.165) is 22.2 Å². The molecule has 208 valence electrons. The zero-order chi connectivity index (χ0) is 27.7. The van der Waals surface area contributed by atoms with Crippen molar-refractivity contribution in [3.05, 3.63) is 73.1 Å². The molecule has 0 atom stereocenters. The molecule has 10 heteroatoms. The number of anilines is 1. The highest BCUT2D eigenvalue weighted by molar-refractivity contribution is 7.89. The highest BCUT2D eigenvalue weighted by atomic mass is 32.2. The van der Waals surface area contributed by atoms with Gasteiger partial charge < -0.3 is 14.4 Å². The van der Waals surface area contributed by atoms with Gasteiger partial charge in [0.05, 0.1) is 4.90 Å². The number of carbonyl (C=O) groups is 1. The number of rotatable bonds is 6. The van der Waals surface area contributed by atoms with Crippen LogP contribution >= 0.6 is 0 Å². The maximum absolute atomic E-state index is 13.3. The second-order valence-corrected chi connectivity index (χ2v) is 12.4. The maximum Gasteiger partial charge on any atom is 0.240 e. The van der Waals surface area contributed by atoms with Gasteiger partial charge in [0.15, 0.2) is 0 Å². The minimum atomic E-state index is -3.69. The van der Waals surface area contributed by atoms with Crippen molar-refractivity contribution in [2.45, 2.75) is 36.6 Å². The summed E-state index contributed by atoms with van der Waals surface area (Å²) in [7, 11) is -1.73. The van der Waals surface area contributed by atoms with E-state index in [-0.39, 0.29) is 22.8 Å². The van der Waals surface area contributed by atoms with Crippen molar-refractivity contribution in [2.75, 3.05) is 31.1 Å². The van der Waals surface area contributed by atoms with Gasteiger partial charge in [0.25, 0.3) is 0 Å². The molecule has 1 saturated heterocycles. The molecule has 1 aliphatic carbocycles. The molecule has 2 aromatic carbocycles. The smallest absolute Gasteiger partial charge is 0.240 e. The van der Waals surface area contributed by atoms with Crippen molar-refractivity contribution in [2.24, 2.45) is 13.0 Å². The van der Waals surface area contributed by atoms with Crippen molar-refractivity contribution in [1.82, 2.24) is 24.2 Å². The molecule has 1 saturated carbocycles. The van der Waals surface area contributed by atoms with Crippen LogP contribution < -0.4 is 9.62 Å². The zero-order valence-corrected chi connectivity index (χ0v) is 23.4. The van der Waals surface area contributed by atoms with Crippen LogP contribution in [0.3, 0.4) is 0 Å². The van der Waals surface area contributed by atoms with Gasteiger partial charge in [-0.3, -0.25) is 4.79 Å². The molecule has 0 spiro atoms. The highest BCUT2D eigenvalue weighted by Crippen LogP contribution is 2.31. The van der Waals surface area contributed by atoms with E-state index in [9.17, 15) is 13.2 Å². The molecule has 2 fully saturated rings. The Labute approximate surface area is 234 Å². The molecule has 2 aliphatic rings. The van der Waals surface area contributed by atoms with Gasteiger partial charge in [0, 0.05) is 74.2 Å². The Bertz CT molecular complexity index is 1590. The fourth-order valence-electron chi connectivity index (χ4n) is 5.95. The zero-order valence-electron chi connectivity index (χ0n) is 22.6. The number of piperazine rings is 1. The normalized spacial score (nSPS) is 20.1. The lowest BCUT2D eigenvalue weighted by atomic mass is 9.85. The van der Waals surface area contributed by atoms with E-state index in [2.05, 4.69) is 25.7 Å². The van der Waals surface area contributed by atoms with Crippen molar-refractivity contribution in [3.8, 4) is 11.3 Å². The topological polar surface area (TPSA) is 100 Å². The number of aryl methyl sites for hydroxylation is 1. The number of amides is 1. The number of sulfonamides is 1. The third kappa shape index (κ3) is 5.33. The molecule has 1 N–H and O–H groups in total. The summed E-state index contributed by atoms with van der Waals surface area (Å²) >= 11 is 0. The van der Waals surface area contributed by atoms with E-state index in [1.165, 1.54) is 0 Å². The molecule has 4 aromatic rings. The Morgan fingerprint density at radius 1 is 0.875 bits per heavy atom. The average molecular weight is 559 g/mol. The van der Waals surface area contributed by atoms with Gasteiger partial charge in [0.2, 0.25) is 21.9 Å². The summed E-state index contributed by atoms with van der Waals surface area (Å²) < 4.78 is 31.6. The third-order valence-electron chi connectivity index (χ3n) is 8.22. The lowest BCUT2D eigenvalue weighted by Crippen LogP contribution is -2.51. The summed E-state index contributed by atoms with van der Waals surface area (Å²) in [6.07, 6.45) is 6.13. The number of benzene rings is 2. The van der Waals surface area contributed by atoms with Gasteiger partial charge in [-0.25, -0.2) is 23.1 Å². The maximum atomic E-state index is 13.3. The molecule has 1 aliphatic heterocycles.